The lowest BCUT2D eigenvalue weighted by Crippen LogP contribution is -2.27. The van der Waals surface area contributed by atoms with Gasteiger partial charge in [0, 0.05) is 5.69 Å². The van der Waals surface area contributed by atoms with Crippen molar-refractivity contribution in [2.45, 2.75) is 26.4 Å². The monoisotopic (exact) mass is 261 g/mol. The maximum atomic E-state index is 11.6. The third-order valence-corrected chi connectivity index (χ3v) is 2.10. The molecule has 19 heavy (non-hydrogen) atoms. The molecule has 0 atom stereocenters. The normalized spacial score (nSPS) is 11.1. The van der Waals surface area contributed by atoms with E-state index in [1.54, 1.807) is 18.2 Å². The number of anilines is 1. The van der Waals surface area contributed by atoms with Gasteiger partial charge in [-0.2, -0.15) is 0 Å². The quantitative estimate of drug-likeness (QED) is 0.894. The Kier molecular flexibility index (Phi) is 3.46. The average molecular weight is 261 g/mol. The Morgan fingerprint density at radius 2 is 2.16 bits per heavy atom. The van der Waals surface area contributed by atoms with Gasteiger partial charge in [-0.05, 0) is 49.4 Å². The molecule has 0 spiro atoms. The van der Waals surface area contributed by atoms with Crippen LogP contribution in [0.25, 0.3) is 5.69 Å². The highest BCUT2D eigenvalue weighted by molar-refractivity contribution is 5.85. The number of carbonyl (C=O) groups is 1. The summed E-state index contributed by atoms with van der Waals surface area (Å²) < 4.78 is 6.68. The van der Waals surface area contributed by atoms with Gasteiger partial charge in [0.2, 0.25) is 0 Å². The molecule has 1 N–H and O–H groups in total. The van der Waals surface area contributed by atoms with Crippen LogP contribution in [0.3, 0.4) is 0 Å². The number of hydrogen-bond acceptors (Lipinski definition) is 5. The van der Waals surface area contributed by atoms with E-state index in [-0.39, 0.29) is 0 Å². The number of tetrazole rings is 1. The fraction of sp³-hybridized carbons (Fsp3) is 0.333. The summed E-state index contributed by atoms with van der Waals surface area (Å²) in [5, 5.41) is 13.6. The van der Waals surface area contributed by atoms with Crippen molar-refractivity contribution in [2.75, 3.05) is 5.32 Å². The van der Waals surface area contributed by atoms with Gasteiger partial charge in [-0.15, -0.1) is 5.10 Å². The third-order valence-electron chi connectivity index (χ3n) is 2.10. The second kappa shape index (κ2) is 5.05. The number of ether oxygens (including phenoxy) is 1. The molecular weight excluding hydrogens is 246 g/mol. The van der Waals surface area contributed by atoms with E-state index in [0.29, 0.717) is 5.69 Å². The summed E-state index contributed by atoms with van der Waals surface area (Å²) in [6.45, 7) is 5.43. The SMILES string of the molecule is CC(C)(C)OC(=O)Nc1cccc(-n2cnnn2)c1. The number of carbonyl (C=O) groups excluding carboxylic acids is 1. The van der Waals surface area contributed by atoms with Gasteiger partial charge in [0.15, 0.2) is 0 Å². The van der Waals surface area contributed by atoms with E-state index in [2.05, 4.69) is 20.8 Å². The lowest BCUT2D eigenvalue weighted by molar-refractivity contribution is 0.0636. The molecule has 0 bridgehead atoms. The summed E-state index contributed by atoms with van der Waals surface area (Å²) in [5.74, 6) is 0. The summed E-state index contributed by atoms with van der Waals surface area (Å²) in [6, 6.07) is 7.14. The number of amides is 1. The van der Waals surface area contributed by atoms with Crippen LogP contribution in [0.1, 0.15) is 20.8 Å². The zero-order chi connectivity index (χ0) is 13.9. The van der Waals surface area contributed by atoms with E-state index in [1.807, 2.05) is 26.8 Å². The van der Waals surface area contributed by atoms with Crippen molar-refractivity contribution in [3.63, 3.8) is 0 Å². The molecule has 7 heteroatoms. The smallest absolute Gasteiger partial charge is 0.412 e. The van der Waals surface area contributed by atoms with Crippen molar-refractivity contribution >= 4 is 11.8 Å². The summed E-state index contributed by atoms with van der Waals surface area (Å²) in [7, 11) is 0. The lowest BCUT2D eigenvalue weighted by atomic mass is 10.2. The molecule has 0 unspecified atom stereocenters. The van der Waals surface area contributed by atoms with Crippen molar-refractivity contribution in [3.05, 3.63) is 30.6 Å². The van der Waals surface area contributed by atoms with Gasteiger partial charge in [-0.3, -0.25) is 5.32 Å². The van der Waals surface area contributed by atoms with Crippen molar-refractivity contribution in [1.29, 1.82) is 0 Å². The molecule has 100 valence electrons. The second-order valence-corrected chi connectivity index (χ2v) is 4.93. The Balaban J connectivity index is 2.10. The minimum atomic E-state index is -0.530. The average Bonchev–Trinajstić information content (AvgIpc) is 2.79. The lowest BCUT2D eigenvalue weighted by Gasteiger charge is -2.19. The van der Waals surface area contributed by atoms with Crippen LogP contribution >= 0.6 is 0 Å². The van der Waals surface area contributed by atoms with Gasteiger partial charge in [-0.25, -0.2) is 9.48 Å². The van der Waals surface area contributed by atoms with Crippen LogP contribution in [-0.2, 0) is 4.74 Å². The summed E-state index contributed by atoms with van der Waals surface area (Å²) in [6.07, 6.45) is 0.980. The van der Waals surface area contributed by atoms with E-state index in [9.17, 15) is 4.79 Å². The minimum absolute atomic E-state index is 0.499. The molecule has 1 amide bonds. The summed E-state index contributed by atoms with van der Waals surface area (Å²) in [5.41, 5.74) is 0.832. The Morgan fingerprint density at radius 3 is 2.79 bits per heavy atom. The van der Waals surface area contributed by atoms with Gasteiger partial charge in [0.1, 0.15) is 11.9 Å². The predicted molar refractivity (Wildman–Crippen MR) is 69.0 cm³/mol. The molecule has 0 radical (unpaired) electrons. The van der Waals surface area contributed by atoms with Crippen LogP contribution < -0.4 is 5.32 Å². The molecule has 1 heterocycles. The fourth-order valence-electron chi connectivity index (χ4n) is 1.43. The highest BCUT2D eigenvalue weighted by Crippen LogP contribution is 2.15. The number of hydrogen-bond donors (Lipinski definition) is 1. The first kappa shape index (κ1) is 13.0. The topological polar surface area (TPSA) is 81.9 Å². The first-order valence-corrected chi connectivity index (χ1v) is 5.77. The van der Waals surface area contributed by atoms with Crippen molar-refractivity contribution in [3.8, 4) is 5.69 Å². The second-order valence-electron chi connectivity index (χ2n) is 4.93. The first-order valence-electron chi connectivity index (χ1n) is 5.77. The molecule has 1 aromatic carbocycles. The number of nitrogens with one attached hydrogen (secondary N) is 1. The molecule has 0 aliphatic rings. The zero-order valence-corrected chi connectivity index (χ0v) is 11.0. The van der Waals surface area contributed by atoms with Gasteiger partial charge in [0.05, 0.1) is 5.69 Å². The van der Waals surface area contributed by atoms with Gasteiger partial charge < -0.3 is 4.74 Å². The van der Waals surface area contributed by atoms with Crippen LogP contribution in [0.2, 0.25) is 0 Å². The number of aromatic nitrogens is 4. The van der Waals surface area contributed by atoms with Crippen molar-refractivity contribution < 1.29 is 9.53 Å². The van der Waals surface area contributed by atoms with Gasteiger partial charge >= 0.3 is 6.09 Å². The van der Waals surface area contributed by atoms with E-state index in [0.717, 1.165) is 5.69 Å². The molecule has 0 fully saturated rings. The van der Waals surface area contributed by atoms with Crippen molar-refractivity contribution in [1.82, 2.24) is 20.2 Å². The first-order chi connectivity index (χ1) is 8.94. The zero-order valence-electron chi connectivity index (χ0n) is 11.0. The molecule has 0 saturated carbocycles. The maximum absolute atomic E-state index is 11.6. The minimum Gasteiger partial charge on any atom is -0.444 e. The third kappa shape index (κ3) is 3.77. The number of rotatable bonds is 2. The molecule has 0 aliphatic carbocycles. The van der Waals surface area contributed by atoms with Crippen LogP contribution in [0, 0.1) is 0 Å². The molecule has 0 saturated heterocycles. The van der Waals surface area contributed by atoms with E-state index in [4.69, 9.17) is 4.74 Å². The Hall–Kier alpha value is -2.44. The Bertz CT molecular complexity index is 560. The molecule has 0 aliphatic heterocycles. The van der Waals surface area contributed by atoms with Gasteiger partial charge in [0.25, 0.3) is 0 Å². The van der Waals surface area contributed by atoms with E-state index in [1.165, 1.54) is 11.0 Å². The molecule has 1 aromatic heterocycles. The molecule has 2 aromatic rings. The maximum Gasteiger partial charge on any atom is 0.412 e. The van der Waals surface area contributed by atoms with Crippen LogP contribution in [0.15, 0.2) is 30.6 Å². The van der Waals surface area contributed by atoms with Crippen LogP contribution in [-0.4, -0.2) is 31.9 Å². The molecule has 7 nitrogen and oxygen atoms in total. The number of nitrogens with zero attached hydrogens (tertiary/aromatic N) is 4. The van der Waals surface area contributed by atoms with Crippen LogP contribution in [0.4, 0.5) is 10.5 Å². The Morgan fingerprint density at radius 1 is 1.37 bits per heavy atom. The standard InChI is InChI=1S/C12H15N5O2/c1-12(2,3)19-11(18)14-9-5-4-6-10(7-9)17-8-13-15-16-17/h4-8H,1-3H3,(H,14,18). The van der Waals surface area contributed by atoms with E-state index < -0.39 is 11.7 Å². The Labute approximate surface area is 110 Å². The molecule has 2 rings (SSSR count). The molecular formula is C12H15N5O2. The highest BCUT2D eigenvalue weighted by atomic mass is 16.6. The number of benzene rings is 1. The summed E-state index contributed by atoms with van der Waals surface area (Å²) in [4.78, 5) is 11.6. The fourth-order valence-corrected chi connectivity index (χ4v) is 1.43. The van der Waals surface area contributed by atoms with E-state index >= 15 is 0 Å². The highest BCUT2D eigenvalue weighted by Gasteiger charge is 2.16. The van der Waals surface area contributed by atoms with Crippen molar-refractivity contribution in [2.24, 2.45) is 0 Å². The predicted octanol–water partition coefficient (Wildman–Crippen LogP) is 2.01. The summed E-state index contributed by atoms with van der Waals surface area (Å²) >= 11 is 0. The van der Waals surface area contributed by atoms with Crippen LogP contribution in [0.5, 0.6) is 0 Å². The largest absolute Gasteiger partial charge is 0.444 e. The van der Waals surface area contributed by atoms with Gasteiger partial charge in [-0.1, -0.05) is 6.07 Å².